The first-order chi connectivity index (χ1) is 16.0. The van der Waals surface area contributed by atoms with Crippen LogP contribution in [0.1, 0.15) is 49.5 Å². The van der Waals surface area contributed by atoms with Crippen LogP contribution in [-0.4, -0.2) is 40.3 Å². The molecule has 3 heterocycles. The van der Waals surface area contributed by atoms with E-state index in [4.69, 9.17) is 9.84 Å². The van der Waals surface area contributed by atoms with Crippen LogP contribution in [0.2, 0.25) is 0 Å². The van der Waals surface area contributed by atoms with E-state index in [9.17, 15) is 9.59 Å². The first kappa shape index (κ1) is 21.7. The molecule has 1 aromatic carbocycles. The van der Waals surface area contributed by atoms with Crippen LogP contribution in [0.5, 0.6) is 5.75 Å². The summed E-state index contributed by atoms with van der Waals surface area (Å²) in [6.45, 7) is 2.10. The van der Waals surface area contributed by atoms with E-state index in [1.54, 1.807) is 34.1 Å². The van der Waals surface area contributed by atoms with Gasteiger partial charge in [-0.1, -0.05) is 31.4 Å². The summed E-state index contributed by atoms with van der Waals surface area (Å²) in [6, 6.07) is 13.2. The van der Waals surface area contributed by atoms with Gasteiger partial charge < -0.3 is 10.1 Å². The number of methoxy groups -OCH3 is 1. The third-order valence-electron chi connectivity index (χ3n) is 6.67. The third-order valence-corrected chi connectivity index (χ3v) is 7.56. The van der Waals surface area contributed by atoms with Crippen molar-refractivity contribution in [2.45, 2.75) is 57.2 Å². The Balaban J connectivity index is 1.57. The largest absolute Gasteiger partial charge is 0.497 e. The fourth-order valence-corrected chi connectivity index (χ4v) is 5.55. The Morgan fingerprint density at radius 1 is 1.18 bits per heavy atom. The molecule has 7 nitrogen and oxygen atoms in total. The van der Waals surface area contributed by atoms with E-state index in [1.807, 2.05) is 48.7 Å². The fraction of sp³-hybridized carbons (Fsp3) is 0.400. The first-order valence-corrected chi connectivity index (χ1v) is 12.3. The zero-order valence-electron chi connectivity index (χ0n) is 18.9. The molecule has 2 amide bonds. The molecular weight excluding hydrogens is 436 g/mol. The Morgan fingerprint density at radius 3 is 2.73 bits per heavy atom. The lowest BCUT2D eigenvalue weighted by atomic mass is 9.91. The maximum Gasteiger partial charge on any atom is 0.277 e. The molecule has 1 saturated carbocycles. The predicted octanol–water partition coefficient (Wildman–Crippen LogP) is 4.49. The number of anilines is 1. The van der Waals surface area contributed by atoms with Gasteiger partial charge in [0.05, 0.1) is 18.5 Å². The molecule has 5 rings (SSSR count). The highest BCUT2D eigenvalue weighted by Crippen LogP contribution is 2.36. The van der Waals surface area contributed by atoms with Crippen molar-refractivity contribution in [3.63, 3.8) is 0 Å². The highest BCUT2D eigenvalue weighted by molar-refractivity contribution is 7.13. The second kappa shape index (κ2) is 8.67. The lowest BCUT2D eigenvalue weighted by Gasteiger charge is -2.44. The number of benzene rings is 1. The van der Waals surface area contributed by atoms with Crippen LogP contribution < -0.4 is 15.0 Å². The molecule has 0 unspecified atom stereocenters. The van der Waals surface area contributed by atoms with Crippen molar-refractivity contribution in [3.05, 3.63) is 53.5 Å². The molecular formula is C25H28N4O3S. The number of fused-ring (bicyclic) bond motifs is 1. The van der Waals surface area contributed by atoms with Gasteiger partial charge in [-0.15, -0.1) is 11.3 Å². The number of carbonyl (C=O) groups is 2. The second-order valence-electron chi connectivity index (χ2n) is 8.97. The van der Waals surface area contributed by atoms with Crippen molar-refractivity contribution in [3.8, 4) is 16.3 Å². The number of amides is 2. The summed E-state index contributed by atoms with van der Waals surface area (Å²) < 4.78 is 7.09. The molecule has 33 heavy (non-hydrogen) atoms. The molecule has 1 aliphatic heterocycles. The number of thiophene rings is 1. The van der Waals surface area contributed by atoms with Gasteiger partial charge in [0.2, 0.25) is 5.91 Å². The molecule has 2 aromatic heterocycles. The monoisotopic (exact) mass is 464 g/mol. The van der Waals surface area contributed by atoms with Gasteiger partial charge in [0.25, 0.3) is 5.91 Å². The molecule has 2 aliphatic rings. The summed E-state index contributed by atoms with van der Waals surface area (Å²) in [5.41, 5.74) is 0.720. The zero-order valence-corrected chi connectivity index (χ0v) is 19.7. The maximum absolute atomic E-state index is 13.9. The van der Waals surface area contributed by atoms with Crippen LogP contribution in [0.15, 0.2) is 47.8 Å². The van der Waals surface area contributed by atoms with Gasteiger partial charge in [-0.05, 0) is 49.4 Å². The summed E-state index contributed by atoms with van der Waals surface area (Å²) in [7, 11) is 1.59. The molecule has 3 aromatic rings. The standard InChI is InChI=1S/C25H28N4O3S/c1-25(24(31)26-17-8-4-3-5-9-17)16-28-21(15-20(27-28)22-12-7-13-33-22)23(30)29(25)18-10-6-11-19(14-18)32-2/h6-7,10-15,17H,3-5,8-9,16H2,1-2H3,(H,26,31)/t25-/m1/s1. The number of hydrogen-bond acceptors (Lipinski definition) is 5. The van der Waals surface area contributed by atoms with Crippen molar-refractivity contribution in [1.29, 1.82) is 0 Å². The van der Waals surface area contributed by atoms with Gasteiger partial charge in [0, 0.05) is 17.8 Å². The van der Waals surface area contributed by atoms with Crippen molar-refractivity contribution in [2.75, 3.05) is 12.0 Å². The minimum absolute atomic E-state index is 0.144. The molecule has 0 radical (unpaired) electrons. The molecule has 0 spiro atoms. The average molecular weight is 465 g/mol. The highest BCUT2D eigenvalue weighted by Gasteiger charge is 2.49. The summed E-state index contributed by atoms with van der Waals surface area (Å²) in [5, 5.41) is 9.93. The second-order valence-corrected chi connectivity index (χ2v) is 9.92. The van der Waals surface area contributed by atoms with Gasteiger partial charge in [0.1, 0.15) is 22.7 Å². The number of carbonyl (C=O) groups excluding carboxylic acids is 2. The number of nitrogens with one attached hydrogen (secondary N) is 1. The van der Waals surface area contributed by atoms with Gasteiger partial charge >= 0.3 is 0 Å². The van der Waals surface area contributed by atoms with E-state index in [-0.39, 0.29) is 24.4 Å². The van der Waals surface area contributed by atoms with Gasteiger partial charge in [-0.3, -0.25) is 19.2 Å². The third kappa shape index (κ3) is 3.93. The van der Waals surface area contributed by atoms with Gasteiger partial charge in [-0.25, -0.2) is 0 Å². The Bertz CT molecular complexity index is 1170. The van der Waals surface area contributed by atoms with Gasteiger partial charge in [0.15, 0.2) is 0 Å². The molecule has 1 atom stereocenters. The first-order valence-electron chi connectivity index (χ1n) is 11.4. The van der Waals surface area contributed by atoms with Crippen molar-refractivity contribution >= 4 is 28.8 Å². The Morgan fingerprint density at radius 2 is 2.00 bits per heavy atom. The molecule has 172 valence electrons. The molecule has 0 bridgehead atoms. The fourth-order valence-electron chi connectivity index (χ4n) is 4.87. The van der Waals surface area contributed by atoms with Crippen LogP contribution in [0.4, 0.5) is 5.69 Å². The normalized spacial score (nSPS) is 21.0. The van der Waals surface area contributed by atoms with E-state index in [0.29, 0.717) is 17.1 Å². The SMILES string of the molecule is COc1cccc(N2C(=O)c3cc(-c4cccs4)nn3C[C@]2(C)C(=O)NC2CCCCC2)c1. The quantitative estimate of drug-likeness (QED) is 0.604. The summed E-state index contributed by atoms with van der Waals surface area (Å²) in [6.07, 6.45) is 5.40. The lowest BCUT2D eigenvalue weighted by molar-refractivity contribution is -0.127. The number of rotatable bonds is 5. The lowest BCUT2D eigenvalue weighted by Crippen LogP contribution is -2.65. The van der Waals surface area contributed by atoms with Crippen LogP contribution in [-0.2, 0) is 11.3 Å². The summed E-state index contributed by atoms with van der Waals surface area (Å²) in [5.74, 6) is 0.240. The molecule has 1 aliphatic carbocycles. The number of ether oxygens (including phenoxy) is 1. The van der Waals surface area contributed by atoms with Crippen LogP contribution in [0.3, 0.4) is 0 Å². The van der Waals surface area contributed by atoms with E-state index in [1.165, 1.54) is 6.42 Å². The van der Waals surface area contributed by atoms with E-state index in [2.05, 4.69) is 5.32 Å². The summed E-state index contributed by atoms with van der Waals surface area (Å²) >= 11 is 1.58. The van der Waals surface area contributed by atoms with Crippen molar-refractivity contribution in [1.82, 2.24) is 15.1 Å². The van der Waals surface area contributed by atoms with Crippen LogP contribution in [0.25, 0.3) is 10.6 Å². The van der Waals surface area contributed by atoms with E-state index in [0.717, 1.165) is 36.3 Å². The molecule has 0 saturated heterocycles. The minimum atomic E-state index is -1.13. The zero-order chi connectivity index (χ0) is 23.0. The predicted molar refractivity (Wildman–Crippen MR) is 129 cm³/mol. The topological polar surface area (TPSA) is 76.5 Å². The van der Waals surface area contributed by atoms with Crippen molar-refractivity contribution < 1.29 is 14.3 Å². The maximum atomic E-state index is 13.9. The Kier molecular flexibility index (Phi) is 5.70. The highest BCUT2D eigenvalue weighted by atomic mass is 32.1. The number of hydrogen-bond donors (Lipinski definition) is 1. The van der Waals surface area contributed by atoms with Gasteiger partial charge in [-0.2, -0.15) is 5.10 Å². The number of nitrogens with zero attached hydrogens (tertiary/aromatic N) is 3. The minimum Gasteiger partial charge on any atom is -0.497 e. The van der Waals surface area contributed by atoms with Crippen LogP contribution >= 0.6 is 11.3 Å². The molecule has 8 heteroatoms. The Hall–Kier alpha value is -3.13. The van der Waals surface area contributed by atoms with Crippen LogP contribution in [0, 0.1) is 0 Å². The molecule has 1 fully saturated rings. The molecule has 1 N–H and O–H groups in total. The average Bonchev–Trinajstić information content (AvgIpc) is 3.50. The van der Waals surface area contributed by atoms with Crippen molar-refractivity contribution in [2.24, 2.45) is 0 Å². The smallest absolute Gasteiger partial charge is 0.277 e. The van der Waals surface area contributed by atoms with E-state index < -0.39 is 5.54 Å². The number of aromatic nitrogens is 2. The summed E-state index contributed by atoms with van der Waals surface area (Å²) in [4.78, 5) is 30.2. The van der Waals surface area contributed by atoms with E-state index >= 15 is 0 Å². The Labute approximate surface area is 197 Å².